The van der Waals surface area contributed by atoms with Crippen LogP contribution in [-0.4, -0.2) is 16.0 Å². The van der Waals surface area contributed by atoms with Gasteiger partial charge >= 0.3 is 0 Å². The van der Waals surface area contributed by atoms with E-state index >= 15 is 0 Å². The molecule has 0 bridgehead atoms. The van der Waals surface area contributed by atoms with Gasteiger partial charge in [-0.05, 0) is 45.4 Å². The van der Waals surface area contributed by atoms with Crippen molar-refractivity contribution in [1.29, 1.82) is 0 Å². The molecule has 3 atom stereocenters. The SMILES string of the molecule is Cc1nc(C)c(C(C)NC2CCCCC2C(C)C)c(=O)[nH]1. The molecule has 0 aromatic carbocycles. The van der Waals surface area contributed by atoms with Gasteiger partial charge in [0.15, 0.2) is 0 Å². The van der Waals surface area contributed by atoms with Crippen LogP contribution in [-0.2, 0) is 0 Å². The van der Waals surface area contributed by atoms with Gasteiger partial charge in [-0.15, -0.1) is 0 Å². The van der Waals surface area contributed by atoms with E-state index in [1.165, 1.54) is 25.7 Å². The van der Waals surface area contributed by atoms with E-state index in [0.29, 0.717) is 23.7 Å². The highest BCUT2D eigenvalue weighted by atomic mass is 16.1. The number of hydrogen-bond acceptors (Lipinski definition) is 3. The van der Waals surface area contributed by atoms with Crippen LogP contribution in [0.4, 0.5) is 0 Å². The van der Waals surface area contributed by atoms with Crippen LogP contribution in [0, 0.1) is 25.7 Å². The van der Waals surface area contributed by atoms with Crippen LogP contribution < -0.4 is 10.9 Å². The summed E-state index contributed by atoms with van der Waals surface area (Å²) >= 11 is 0. The summed E-state index contributed by atoms with van der Waals surface area (Å²) in [5, 5.41) is 3.71. The van der Waals surface area contributed by atoms with E-state index in [2.05, 4.69) is 36.1 Å². The van der Waals surface area contributed by atoms with Gasteiger partial charge in [0.2, 0.25) is 0 Å². The molecule has 1 aromatic heterocycles. The largest absolute Gasteiger partial charge is 0.310 e. The predicted molar refractivity (Wildman–Crippen MR) is 86.5 cm³/mol. The Bertz CT molecular complexity index is 535. The molecule has 1 aliphatic carbocycles. The maximum atomic E-state index is 12.2. The maximum Gasteiger partial charge on any atom is 0.255 e. The molecule has 2 rings (SSSR count). The Morgan fingerprint density at radius 2 is 1.86 bits per heavy atom. The van der Waals surface area contributed by atoms with Crippen molar-refractivity contribution in [2.45, 2.75) is 72.4 Å². The first-order chi connectivity index (χ1) is 9.90. The third kappa shape index (κ3) is 3.73. The molecule has 1 aliphatic rings. The molecule has 0 amide bonds. The van der Waals surface area contributed by atoms with Gasteiger partial charge in [-0.1, -0.05) is 26.7 Å². The first-order valence-corrected chi connectivity index (χ1v) is 8.23. The number of aromatic nitrogens is 2. The van der Waals surface area contributed by atoms with E-state index in [1.54, 1.807) is 0 Å². The van der Waals surface area contributed by atoms with Crippen LogP contribution in [0.1, 0.15) is 69.6 Å². The van der Waals surface area contributed by atoms with E-state index in [1.807, 2.05) is 13.8 Å². The normalized spacial score (nSPS) is 24.3. The van der Waals surface area contributed by atoms with Crippen LogP contribution in [0.15, 0.2) is 4.79 Å². The second-order valence-electron chi connectivity index (χ2n) is 6.84. The third-order valence-electron chi connectivity index (χ3n) is 4.84. The zero-order valence-corrected chi connectivity index (χ0v) is 14.0. The number of H-pyrrole nitrogens is 1. The summed E-state index contributed by atoms with van der Waals surface area (Å²) < 4.78 is 0. The topological polar surface area (TPSA) is 57.8 Å². The minimum absolute atomic E-state index is 0.00286. The molecule has 0 saturated heterocycles. The lowest BCUT2D eigenvalue weighted by molar-refractivity contribution is 0.194. The molecule has 4 nitrogen and oxygen atoms in total. The molecule has 1 aromatic rings. The van der Waals surface area contributed by atoms with E-state index in [-0.39, 0.29) is 11.6 Å². The van der Waals surface area contributed by atoms with Crippen molar-refractivity contribution >= 4 is 0 Å². The second kappa shape index (κ2) is 6.73. The Morgan fingerprint density at radius 1 is 1.19 bits per heavy atom. The molecule has 1 saturated carbocycles. The molecule has 0 radical (unpaired) electrons. The van der Waals surface area contributed by atoms with Gasteiger partial charge in [0.05, 0.1) is 5.56 Å². The van der Waals surface area contributed by atoms with Gasteiger partial charge in [0.1, 0.15) is 5.82 Å². The lowest BCUT2D eigenvalue weighted by Gasteiger charge is -2.37. The van der Waals surface area contributed by atoms with E-state index in [0.717, 1.165) is 11.3 Å². The van der Waals surface area contributed by atoms with Crippen LogP contribution in [0.25, 0.3) is 0 Å². The fourth-order valence-electron chi connectivity index (χ4n) is 3.81. The van der Waals surface area contributed by atoms with Crippen molar-refractivity contribution in [3.8, 4) is 0 Å². The fraction of sp³-hybridized carbons (Fsp3) is 0.765. The smallest absolute Gasteiger partial charge is 0.255 e. The van der Waals surface area contributed by atoms with E-state index in [9.17, 15) is 4.79 Å². The highest BCUT2D eigenvalue weighted by Crippen LogP contribution is 2.31. The number of aromatic amines is 1. The van der Waals surface area contributed by atoms with Crippen molar-refractivity contribution in [2.24, 2.45) is 11.8 Å². The summed E-state index contributed by atoms with van der Waals surface area (Å²) in [7, 11) is 0. The van der Waals surface area contributed by atoms with Crippen molar-refractivity contribution in [1.82, 2.24) is 15.3 Å². The molecule has 0 spiro atoms. The predicted octanol–water partition coefficient (Wildman–Crippen LogP) is 3.25. The molecular weight excluding hydrogens is 262 g/mol. The van der Waals surface area contributed by atoms with Crippen LogP contribution in [0.3, 0.4) is 0 Å². The minimum Gasteiger partial charge on any atom is -0.310 e. The summed E-state index contributed by atoms with van der Waals surface area (Å²) in [5.41, 5.74) is 1.62. The lowest BCUT2D eigenvalue weighted by Crippen LogP contribution is -2.43. The average Bonchev–Trinajstić information content (AvgIpc) is 2.37. The summed E-state index contributed by atoms with van der Waals surface area (Å²) in [4.78, 5) is 19.5. The zero-order valence-electron chi connectivity index (χ0n) is 14.0. The van der Waals surface area contributed by atoms with Crippen molar-refractivity contribution in [3.05, 3.63) is 27.4 Å². The molecule has 0 aliphatic heterocycles. The Balaban J connectivity index is 2.17. The Morgan fingerprint density at radius 3 is 2.48 bits per heavy atom. The fourth-order valence-corrected chi connectivity index (χ4v) is 3.81. The van der Waals surface area contributed by atoms with Crippen LogP contribution in [0.5, 0.6) is 0 Å². The number of hydrogen-bond donors (Lipinski definition) is 2. The average molecular weight is 291 g/mol. The highest BCUT2D eigenvalue weighted by Gasteiger charge is 2.29. The quantitative estimate of drug-likeness (QED) is 0.895. The van der Waals surface area contributed by atoms with E-state index < -0.39 is 0 Å². The summed E-state index contributed by atoms with van der Waals surface area (Å²) in [6.45, 7) is 10.4. The molecule has 2 N–H and O–H groups in total. The van der Waals surface area contributed by atoms with Crippen molar-refractivity contribution in [3.63, 3.8) is 0 Å². The summed E-state index contributed by atoms with van der Waals surface area (Å²) in [5.74, 6) is 2.08. The summed E-state index contributed by atoms with van der Waals surface area (Å²) in [6.07, 6.45) is 5.13. The lowest BCUT2D eigenvalue weighted by atomic mass is 9.77. The van der Waals surface area contributed by atoms with Crippen LogP contribution >= 0.6 is 0 Å². The molecule has 1 heterocycles. The van der Waals surface area contributed by atoms with Gasteiger partial charge in [0.25, 0.3) is 5.56 Å². The Kier molecular flexibility index (Phi) is 5.20. The third-order valence-corrected chi connectivity index (χ3v) is 4.84. The van der Waals surface area contributed by atoms with Gasteiger partial charge in [-0.3, -0.25) is 4.79 Å². The maximum absolute atomic E-state index is 12.2. The van der Waals surface area contributed by atoms with Gasteiger partial charge in [0, 0.05) is 17.8 Å². The monoisotopic (exact) mass is 291 g/mol. The first-order valence-electron chi connectivity index (χ1n) is 8.23. The Labute approximate surface area is 127 Å². The standard InChI is InChI=1S/C17H29N3O/c1-10(2)14-8-6-7-9-15(14)19-12(4)16-11(3)18-13(5)20-17(16)21/h10,12,14-15,19H,6-9H2,1-5H3,(H,18,20,21). The van der Waals surface area contributed by atoms with Crippen molar-refractivity contribution < 1.29 is 0 Å². The number of aryl methyl sites for hydroxylation is 2. The number of nitrogens with one attached hydrogen (secondary N) is 2. The molecule has 4 heteroatoms. The molecular formula is C17H29N3O. The number of rotatable bonds is 4. The summed E-state index contributed by atoms with van der Waals surface area (Å²) in [6, 6.07) is 0.556. The zero-order chi connectivity index (χ0) is 15.6. The van der Waals surface area contributed by atoms with Crippen LogP contribution in [0.2, 0.25) is 0 Å². The Hall–Kier alpha value is -1.16. The number of nitrogens with zero attached hydrogens (tertiary/aromatic N) is 1. The highest BCUT2D eigenvalue weighted by molar-refractivity contribution is 5.20. The molecule has 3 unspecified atom stereocenters. The van der Waals surface area contributed by atoms with E-state index in [4.69, 9.17) is 0 Å². The molecule has 118 valence electrons. The van der Waals surface area contributed by atoms with Gasteiger partial charge < -0.3 is 10.3 Å². The van der Waals surface area contributed by atoms with Gasteiger partial charge in [-0.2, -0.15) is 0 Å². The van der Waals surface area contributed by atoms with Gasteiger partial charge in [-0.25, -0.2) is 4.98 Å². The van der Waals surface area contributed by atoms with Crippen molar-refractivity contribution in [2.75, 3.05) is 0 Å². The molecule has 1 fully saturated rings. The minimum atomic E-state index is -0.00286. The molecule has 21 heavy (non-hydrogen) atoms. The second-order valence-corrected chi connectivity index (χ2v) is 6.84. The first kappa shape index (κ1) is 16.2.